The number of aromatic nitrogens is 2. The van der Waals surface area contributed by atoms with Gasteiger partial charge in [0.25, 0.3) is 5.91 Å². The van der Waals surface area contributed by atoms with E-state index in [-0.39, 0.29) is 17.7 Å². The molecule has 0 saturated carbocycles. The molecule has 1 aromatic rings. The van der Waals surface area contributed by atoms with Gasteiger partial charge in [0.2, 0.25) is 0 Å². The van der Waals surface area contributed by atoms with Gasteiger partial charge in [-0.2, -0.15) is 5.10 Å². The van der Waals surface area contributed by atoms with Crippen molar-refractivity contribution in [3.63, 3.8) is 0 Å². The maximum Gasteiger partial charge on any atom is 0.305 e. The number of nitrogens with one attached hydrogen (secondary N) is 1. The van der Waals surface area contributed by atoms with Gasteiger partial charge >= 0.3 is 5.97 Å². The van der Waals surface area contributed by atoms with E-state index in [0.29, 0.717) is 12.1 Å². The maximum absolute atomic E-state index is 12.0. The fourth-order valence-corrected chi connectivity index (χ4v) is 1.92. The summed E-state index contributed by atoms with van der Waals surface area (Å²) in [5, 5.41) is 15.6. The number of nitrogens with zero attached hydrogens (tertiary/aromatic N) is 2. The largest absolute Gasteiger partial charge is 0.481 e. The van der Waals surface area contributed by atoms with E-state index in [1.165, 1.54) is 4.68 Å². The summed E-state index contributed by atoms with van der Waals surface area (Å²) in [7, 11) is 1.72. The lowest BCUT2D eigenvalue weighted by molar-refractivity contribution is -0.137. The first kappa shape index (κ1) is 15.2. The quantitative estimate of drug-likeness (QED) is 0.845. The van der Waals surface area contributed by atoms with Crippen LogP contribution in [0, 0.1) is 5.41 Å². The van der Waals surface area contributed by atoms with Gasteiger partial charge < -0.3 is 10.4 Å². The number of carboxylic acid groups (broad SMARTS) is 1. The van der Waals surface area contributed by atoms with Gasteiger partial charge in [0, 0.05) is 19.3 Å². The minimum Gasteiger partial charge on any atom is -0.481 e. The Morgan fingerprint density at radius 1 is 1.47 bits per heavy atom. The van der Waals surface area contributed by atoms with E-state index in [4.69, 9.17) is 5.11 Å². The molecule has 6 heteroatoms. The Morgan fingerprint density at radius 2 is 2.11 bits per heavy atom. The average Bonchev–Trinajstić information content (AvgIpc) is 2.60. The summed E-state index contributed by atoms with van der Waals surface area (Å²) in [6, 6.07) is 1.21. The minimum absolute atomic E-state index is 0.0580. The highest BCUT2D eigenvalue weighted by Gasteiger charge is 2.23. The lowest BCUT2D eigenvalue weighted by Crippen LogP contribution is -2.39. The number of hydrogen-bond donors (Lipinski definition) is 2. The molecule has 0 radical (unpaired) electrons. The second-order valence-electron chi connectivity index (χ2n) is 5.91. The molecule has 0 aliphatic carbocycles. The van der Waals surface area contributed by atoms with Crippen LogP contribution in [-0.2, 0) is 11.8 Å². The van der Waals surface area contributed by atoms with Crippen molar-refractivity contribution in [1.29, 1.82) is 0 Å². The molecule has 19 heavy (non-hydrogen) atoms. The van der Waals surface area contributed by atoms with Gasteiger partial charge in [-0.25, -0.2) is 0 Å². The Hall–Kier alpha value is -1.85. The van der Waals surface area contributed by atoms with Crippen LogP contribution in [0.5, 0.6) is 0 Å². The van der Waals surface area contributed by atoms with Gasteiger partial charge in [0.05, 0.1) is 6.42 Å². The summed E-state index contributed by atoms with van der Waals surface area (Å²) >= 11 is 0. The van der Waals surface area contributed by atoms with E-state index in [1.54, 1.807) is 19.3 Å². The van der Waals surface area contributed by atoms with E-state index in [0.717, 1.165) is 0 Å². The van der Waals surface area contributed by atoms with Crippen LogP contribution < -0.4 is 5.32 Å². The highest BCUT2D eigenvalue weighted by molar-refractivity contribution is 5.92. The monoisotopic (exact) mass is 267 g/mol. The van der Waals surface area contributed by atoms with Crippen molar-refractivity contribution in [3.8, 4) is 0 Å². The van der Waals surface area contributed by atoms with Crippen LogP contribution in [-0.4, -0.2) is 32.8 Å². The van der Waals surface area contributed by atoms with Crippen LogP contribution >= 0.6 is 0 Å². The van der Waals surface area contributed by atoms with Crippen molar-refractivity contribution >= 4 is 11.9 Å². The molecule has 0 saturated heterocycles. The fraction of sp³-hybridized carbons (Fsp3) is 0.615. The van der Waals surface area contributed by atoms with Gasteiger partial charge in [-0.1, -0.05) is 20.8 Å². The number of aryl methyl sites for hydroxylation is 1. The van der Waals surface area contributed by atoms with Gasteiger partial charge in [-0.3, -0.25) is 14.3 Å². The number of carboxylic acids is 1. The van der Waals surface area contributed by atoms with E-state index >= 15 is 0 Å². The zero-order valence-electron chi connectivity index (χ0n) is 11.8. The zero-order valence-corrected chi connectivity index (χ0v) is 11.8. The van der Waals surface area contributed by atoms with E-state index < -0.39 is 12.0 Å². The fourth-order valence-electron chi connectivity index (χ4n) is 1.92. The Morgan fingerprint density at radius 3 is 2.53 bits per heavy atom. The Balaban J connectivity index is 2.71. The standard InChI is InChI=1S/C13H21N3O3/c1-13(2,3)8-9(7-11(17)18)14-12(19)10-5-6-16(4)15-10/h5-6,9H,7-8H2,1-4H3,(H,14,19)(H,17,18). The van der Waals surface area contributed by atoms with E-state index in [2.05, 4.69) is 10.4 Å². The molecular weight excluding hydrogens is 246 g/mol. The first-order valence-corrected chi connectivity index (χ1v) is 6.20. The predicted molar refractivity (Wildman–Crippen MR) is 70.8 cm³/mol. The normalized spacial score (nSPS) is 13.1. The van der Waals surface area contributed by atoms with Crippen LogP contribution in [0.1, 0.15) is 44.1 Å². The van der Waals surface area contributed by atoms with Gasteiger partial charge in [-0.05, 0) is 17.9 Å². The third-order valence-corrected chi connectivity index (χ3v) is 2.56. The SMILES string of the molecule is Cn1ccc(C(=O)NC(CC(=O)O)CC(C)(C)C)n1. The highest BCUT2D eigenvalue weighted by atomic mass is 16.4. The molecule has 1 heterocycles. The molecule has 0 bridgehead atoms. The number of rotatable bonds is 5. The molecule has 1 atom stereocenters. The highest BCUT2D eigenvalue weighted by Crippen LogP contribution is 2.22. The van der Waals surface area contributed by atoms with Crippen molar-refractivity contribution in [2.45, 2.75) is 39.7 Å². The van der Waals surface area contributed by atoms with Crippen LogP contribution in [0.3, 0.4) is 0 Å². The predicted octanol–water partition coefficient (Wildman–Crippen LogP) is 1.43. The zero-order chi connectivity index (χ0) is 14.6. The van der Waals surface area contributed by atoms with E-state index in [9.17, 15) is 9.59 Å². The molecule has 0 spiro atoms. The first-order valence-electron chi connectivity index (χ1n) is 6.20. The molecule has 0 aromatic carbocycles. The summed E-state index contributed by atoms with van der Waals surface area (Å²) in [5.41, 5.74) is 0.240. The molecular formula is C13H21N3O3. The Labute approximate surface area is 112 Å². The number of carbonyl (C=O) groups is 2. The molecule has 1 aromatic heterocycles. The Bertz CT molecular complexity index is 460. The second kappa shape index (κ2) is 5.86. The number of hydrogen-bond acceptors (Lipinski definition) is 3. The van der Waals surface area contributed by atoms with Crippen molar-refractivity contribution in [1.82, 2.24) is 15.1 Å². The molecule has 6 nitrogen and oxygen atoms in total. The number of carbonyl (C=O) groups excluding carboxylic acids is 1. The second-order valence-corrected chi connectivity index (χ2v) is 5.91. The van der Waals surface area contributed by atoms with Crippen molar-refractivity contribution in [2.75, 3.05) is 0 Å². The molecule has 2 N–H and O–H groups in total. The summed E-state index contributed by atoms with van der Waals surface area (Å²) in [5.74, 6) is -1.26. The van der Waals surface area contributed by atoms with Gasteiger partial charge in [0.1, 0.15) is 5.69 Å². The lowest BCUT2D eigenvalue weighted by atomic mass is 9.87. The molecule has 1 rings (SSSR count). The molecule has 0 aliphatic rings. The van der Waals surface area contributed by atoms with Crippen molar-refractivity contribution in [3.05, 3.63) is 18.0 Å². The molecule has 1 unspecified atom stereocenters. The number of aliphatic carboxylic acids is 1. The van der Waals surface area contributed by atoms with Crippen molar-refractivity contribution < 1.29 is 14.7 Å². The van der Waals surface area contributed by atoms with Crippen LogP contribution in [0.25, 0.3) is 0 Å². The first-order chi connectivity index (χ1) is 8.67. The average molecular weight is 267 g/mol. The summed E-state index contributed by atoms with van der Waals surface area (Å²) in [6.07, 6.45) is 2.18. The van der Waals surface area contributed by atoms with Gasteiger partial charge in [-0.15, -0.1) is 0 Å². The minimum atomic E-state index is -0.921. The summed E-state index contributed by atoms with van der Waals surface area (Å²) in [4.78, 5) is 22.8. The Kier molecular flexibility index (Phi) is 4.69. The van der Waals surface area contributed by atoms with Crippen LogP contribution in [0.4, 0.5) is 0 Å². The molecule has 0 aliphatic heterocycles. The van der Waals surface area contributed by atoms with E-state index in [1.807, 2.05) is 20.8 Å². The molecule has 1 amide bonds. The molecule has 0 fully saturated rings. The topological polar surface area (TPSA) is 84.2 Å². The van der Waals surface area contributed by atoms with Crippen LogP contribution in [0.2, 0.25) is 0 Å². The summed E-state index contributed by atoms with van der Waals surface area (Å²) < 4.78 is 1.53. The van der Waals surface area contributed by atoms with Crippen molar-refractivity contribution in [2.24, 2.45) is 12.5 Å². The number of amides is 1. The third-order valence-electron chi connectivity index (χ3n) is 2.56. The maximum atomic E-state index is 12.0. The third kappa shape index (κ3) is 5.54. The lowest BCUT2D eigenvalue weighted by Gasteiger charge is -2.25. The molecule has 106 valence electrons. The smallest absolute Gasteiger partial charge is 0.305 e. The summed E-state index contributed by atoms with van der Waals surface area (Å²) in [6.45, 7) is 6.03. The van der Waals surface area contributed by atoms with Gasteiger partial charge in [0.15, 0.2) is 0 Å². The van der Waals surface area contributed by atoms with Crippen LogP contribution in [0.15, 0.2) is 12.3 Å².